The first-order chi connectivity index (χ1) is 15.4. The number of nitrogens with one attached hydrogen (secondary N) is 1. The Balaban J connectivity index is 1.40. The van der Waals surface area contributed by atoms with Crippen molar-refractivity contribution in [2.75, 3.05) is 37.0 Å². The molecule has 2 aliphatic heterocycles. The summed E-state index contributed by atoms with van der Waals surface area (Å²) in [5, 5.41) is 2.93. The Morgan fingerprint density at radius 2 is 1.75 bits per heavy atom. The quantitative estimate of drug-likeness (QED) is 0.647. The summed E-state index contributed by atoms with van der Waals surface area (Å²) >= 11 is 0. The third kappa shape index (κ3) is 5.07. The molecule has 0 saturated carbocycles. The average Bonchev–Trinajstić information content (AvgIpc) is 2.82. The highest BCUT2D eigenvalue weighted by Crippen LogP contribution is 2.36. The van der Waals surface area contributed by atoms with Crippen molar-refractivity contribution in [3.05, 3.63) is 54.6 Å². The van der Waals surface area contributed by atoms with Crippen LogP contribution in [0.4, 0.5) is 5.69 Å². The second-order valence-corrected chi connectivity index (χ2v) is 10.5. The van der Waals surface area contributed by atoms with Gasteiger partial charge in [0.2, 0.25) is 0 Å². The molecule has 7 nitrogen and oxygen atoms in total. The molecule has 32 heavy (non-hydrogen) atoms. The Morgan fingerprint density at radius 1 is 1.06 bits per heavy atom. The summed E-state index contributed by atoms with van der Waals surface area (Å²) in [4.78, 5) is 15.5. The normalized spacial score (nSPS) is 19.8. The summed E-state index contributed by atoms with van der Waals surface area (Å²) in [5.74, 6) is 0.897. The summed E-state index contributed by atoms with van der Waals surface area (Å²) in [6.45, 7) is 5.95. The number of piperidine rings is 1. The van der Waals surface area contributed by atoms with Gasteiger partial charge < -0.3 is 15.0 Å². The molecular weight excluding hydrogens is 426 g/mol. The van der Waals surface area contributed by atoms with E-state index in [0.717, 1.165) is 32.0 Å². The zero-order valence-electron chi connectivity index (χ0n) is 18.4. The van der Waals surface area contributed by atoms with Crippen molar-refractivity contribution >= 4 is 21.6 Å². The van der Waals surface area contributed by atoms with Gasteiger partial charge in [0, 0.05) is 6.54 Å². The fourth-order valence-corrected chi connectivity index (χ4v) is 5.70. The minimum Gasteiger partial charge on any atom is -0.476 e. The van der Waals surface area contributed by atoms with Crippen LogP contribution < -0.4 is 14.4 Å². The van der Waals surface area contributed by atoms with Gasteiger partial charge in [0.05, 0.1) is 17.1 Å². The second-order valence-electron chi connectivity index (χ2n) is 8.59. The van der Waals surface area contributed by atoms with Crippen molar-refractivity contribution in [3.63, 3.8) is 0 Å². The summed E-state index contributed by atoms with van der Waals surface area (Å²) in [7, 11) is -3.82. The number of likely N-dealkylation sites (tertiary alicyclic amines) is 1. The van der Waals surface area contributed by atoms with Gasteiger partial charge >= 0.3 is 0 Å². The van der Waals surface area contributed by atoms with E-state index in [4.69, 9.17) is 4.74 Å². The first-order valence-electron chi connectivity index (χ1n) is 11.3. The van der Waals surface area contributed by atoms with Crippen LogP contribution in [0.25, 0.3) is 0 Å². The number of hydrogen-bond donors (Lipinski definition) is 1. The van der Waals surface area contributed by atoms with Gasteiger partial charge in [-0.3, -0.25) is 9.10 Å². The van der Waals surface area contributed by atoms with E-state index < -0.39 is 16.1 Å². The number of amides is 1. The molecule has 2 heterocycles. The van der Waals surface area contributed by atoms with Gasteiger partial charge in [0.15, 0.2) is 6.10 Å². The number of benzene rings is 2. The predicted molar refractivity (Wildman–Crippen MR) is 124 cm³/mol. The average molecular weight is 458 g/mol. The van der Waals surface area contributed by atoms with Gasteiger partial charge in [-0.05, 0) is 69.1 Å². The van der Waals surface area contributed by atoms with E-state index in [9.17, 15) is 13.2 Å². The number of anilines is 1. The predicted octanol–water partition coefficient (Wildman–Crippen LogP) is 2.88. The molecule has 4 rings (SSSR count). The van der Waals surface area contributed by atoms with Gasteiger partial charge in [-0.1, -0.05) is 37.3 Å². The van der Waals surface area contributed by atoms with Crippen LogP contribution in [0.5, 0.6) is 5.75 Å². The standard InChI is InChI=1S/C24H31N3O4S/c1-19-12-16-26(17-13-19)15-7-14-25-24(28)23-18-27(21-10-5-6-11-22(21)31-23)32(29,30)20-8-3-2-4-9-20/h2-6,8-11,19,23H,7,12-18H2,1H3,(H,25,28)/t23-/m0/s1. The van der Waals surface area contributed by atoms with Gasteiger partial charge in [0.25, 0.3) is 15.9 Å². The molecule has 1 atom stereocenters. The number of sulfonamides is 1. The van der Waals surface area contributed by atoms with E-state index in [0.29, 0.717) is 18.0 Å². The van der Waals surface area contributed by atoms with E-state index in [1.807, 2.05) is 0 Å². The van der Waals surface area contributed by atoms with E-state index in [2.05, 4.69) is 17.1 Å². The number of nitrogens with zero attached hydrogens (tertiary/aromatic N) is 2. The minimum absolute atomic E-state index is 0.0654. The molecule has 2 aromatic rings. The Bertz CT molecular complexity index is 1020. The maximum atomic E-state index is 13.3. The zero-order valence-corrected chi connectivity index (χ0v) is 19.3. The molecule has 0 spiro atoms. The Hall–Kier alpha value is -2.58. The Labute approximate surface area is 190 Å². The SMILES string of the molecule is CC1CCN(CCCNC(=O)[C@@H]2CN(S(=O)(=O)c3ccccc3)c3ccccc3O2)CC1. The molecule has 2 aromatic carbocycles. The van der Waals surface area contributed by atoms with Crippen molar-refractivity contribution in [1.29, 1.82) is 0 Å². The van der Waals surface area contributed by atoms with Crippen molar-refractivity contribution in [2.24, 2.45) is 5.92 Å². The van der Waals surface area contributed by atoms with E-state index in [-0.39, 0.29) is 17.3 Å². The Kier molecular flexibility index (Phi) is 7.01. The molecule has 1 N–H and O–H groups in total. The van der Waals surface area contributed by atoms with Gasteiger partial charge in [0.1, 0.15) is 5.75 Å². The summed E-state index contributed by atoms with van der Waals surface area (Å²) in [6.07, 6.45) is 2.41. The fourth-order valence-electron chi connectivity index (χ4n) is 4.20. The van der Waals surface area contributed by atoms with Crippen molar-refractivity contribution in [2.45, 2.75) is 37.2 Å². The summed E-state index contributed by atoms with van der Waals surface area (Å²) in [6, 6.07) is 15.2. The molecule has 1 amide bonds. The van der Waals surface area contributed by atoms with Crippen molar-refractivity contribution < 1.29 is 17.9 Å². The van der Waals surface area contributed by atoms with E-state index in [1.165, 1.54) is 17.1 Å². The van der Waals surface area contributed by atoms with E-state index in [1.54, 1.807) is 54.6 Å². The van der Waals surface area contributed by atoms with Crippen LogP contribution >= 0.6 is 0 Å². The number of fused-ring (bicyclic) bond motifs is 1. The molecule has 1 fully saturated rings. The number of carbonyl (C=O) groups is 1. The number of ether oxygens (including phenoxy) is 1. The largest absolute Gasteiger partial charge is 0.476 e. The molecule has 8 heteroatoms. The lowest BCUT2D eigenvalue weighted by molar-refractivity contribution is -0.127. The topological polar surface area (TPSA) is 79.0 Å². The smallest absolute Gasteiger partial charge is 0.264 e. The third-order valence-electron chi connectivity index (χ3n) is 6.19. The lowest BCUT2D eigenvalue weighted by Crippen LogP contribution is -2.51. The summed E-state index contributed by atoms with van der Waals surface area (Å²) in [5.41, 5.74) is 0.444. The lowest BCUT2D eigenvalue weighted by Gasteiger charge is -2.34. The zero-order chi connectivity index (χ0) is 22.6. The molecule has 0 unspecified atom stereocenters. The van der Waals surface area contributed by atoms with Gasteiger partial charge in [-0.2, -0.15) is 0 Å². The van der Waals surface area contributed by atoms with Crippen LogP contribution in [-0.4, -0.2) is 58.1 Å². The highest BCUT2D eigenvalue weighted by molar-refractivity contribution is 7.92. The Morgan fingerprint density at radius 3 is 2.50 bits per heavy atom. The maximum absolute atomic E-state index is 13.3. The molecule has 0 aromatic heterocycles. The molecule has 0 radical (unpaired) electrons. The van der Waals surface area contributed by atoms with Gasteiger partial charge in [-0.25, -0.2) is 8.42 Å². The van der Waals surface area contributed by atoms with E-state index >= 15 is 0 Å². The lowest BCUT2D eigenvalue weighted by atomic mass is 9.99. The first-order valence-corrected chi connectivity index (χ1v) is 12.7. The van der Waals surface area contributed by atoms with Crippen LogP contribution in [-0.2, 0) is 14.8 Å². The minimum atomic E-state index is -3.82. The van der Waals surface area contributed by atoms with Crippen LogP contribution in [0.3, 0.4) is 0 Å². The monoisotopic (exact) mass is 457 g/mol. The second kappa shape index (κ2) is 9.92. The van der Waals surface area contributed by atoms with Crippen LogP contribution in [0.1, 0.15) is 26.2 Å². The number of carbonyl (C=O) groups excluding carboxylic acids is 1. The molecule has 172 valence electrons. The number of rotatable bonds is 7. The first kappa shape index (κ1) is 22.6. The molecule has 0 aliphatic carbocycles. The third-order valence-corrected chi connectivity index (χ3v) is 7.98. The van der Waals surface area contributed by atoms with Crippen LogP contribution in [0.15, 0.2) is 59.5 Å². The van der Waals surface area contributed by atoms with Crippen molar-refractivity contribution in [1.82, 2.24) is 10.2 Å². The molecule has 1 saturated heterocycles. The molecule has 2 aliphatic rings. The summed E-state index contributed by atoms with van der Waals surface area (Å²) < 4.78 is 33.8. The highest BCUT2D eigenvalue weighted by atomic mass is 32.2. The molecule has 0 bridgehead atoms. The van der Waals surface area contributed by atoms with Crippen LogP contribution in [0, 0.1) is 5.92 Å². The fraction of sp³-hybridized carbons (Fsp3) is 0.458. The van der Waals surface area contributed by atoms with Crippen LogP contribution in [0.2, 0.25) is 0 Å². The maximum Gasteiger partial charge on any atom is 0.264 e. The van der Waals surface area contributed by atoms with Crippen molar-refractivity contribution in [3.8, 4) is 5.75 Å². The molecular formula is C24H31N3O4S. The highest BCUT2D eigenvalue weighted by Gasteiger charge is 2.37. The number of para-hydroxylation sites is 2. The number of hydrogen-bond acceptors (Lipinski definition) is 5. The van der Waals surface area contributed by atoms with Gasteiger partial charge in [-0.15, -0.1) is 0 Å².